The molecule has 6 heteroatoms. The predicted octanol–water partition coefficient (Wildman–Crippen LogP) is 2.54. The first-order valence-electron chi connectivity index (χ1n) is 6.71. The van der Waals surface area contributed by atoms with Gasteiger partial charge in [-0.1, -0.05) is 6.07 Å². The molecule has 0 saturated carbocycles. The standard InChI is InChI=1S/C11H13F3N2.ClH/c12-11(13,14)9-2-1-3-10(8-9)16-6-4-15-5-7-16;/h1-3,8,15H,4-7H2;1H/i4D2,7D2;. The van der Waals surface area contributed by atoms with Crippen molar-refractivity contribution < 1.29 is 18.7 Å². The topological polar surface area (TPSA) is 15.3 Å². The lowest BCUT2D eigenvalue weighted by Crippen LogP contribution is -2.43. The second-order valence-corrected chi connectivity index (χ2v) is 3.32. The summed E-state index contributed by atoms with van der Waals surface area (Å²) < 4.78 is 68.8. The van der Waals surface area contributed by atoms with Crippen molar-refractivity contribution in [3.8, 4) is 0 Å². The molecule has 17 heavy (non-hydrogen) atoms. The molecule has 1 aliphatic rings. The van der Waals surface area contributed by atoms with Crippen LogP contribution in [0.3, 0.4) is 0 Å². The van der Waals surface area contributed by atoms with E-state index in [1.165, 1.54) is 12.1 Å². The third-order valence-electron chi connectivity index (χ3n) is 2.21. The van der Waals surface area contributed by atoms with Gasteiger partial charge in [0.15, 0.2) is 0 Å². The molecule has 1 aromatic rings. The molecular formula is C11H14ClF3N2. The Labute approximate surface area is 110 Å². The van der Waals surface area contributed by atoms with E-state index >= 15 is 0 Å². The third kappa shape index (κ3) is 3.51. The Kier molecular flexibility index (Phi) is 2.98. The SMILES string of the molecule is Cl.[2H]C1([2H])CN(c2cccc(C(F)(F)F)c2)C([2H])([2H])CN1. The number of benzene rings is 1. The van der Waals surface area contributed by atoms with E-state index in [-0.39, 0.29) is 31.2 Å². The number of alkyl halides is 3. The molecule has 2 nitrogen and oxygen atoms in total. The molecular weight excluding hydrogens is 253 g/mol. The summed E-state index contributed by atoms with van der Waals surface area (Å²) in [5.41, 5.74) is -0.875. The van der Waals surface area contributed by atoms with Crippen molar-refractivity contribution in [1.29, 1.82) is 0 Å². The maximum absolute atomic E-state index is 12.7. The average Bonchev–Trinajstić information content (AvgIpc) is 2.32. The highest BCUT2D eigenvalue weighted by molar-refractivity contribution is 5.85. The summed E-state index contributed by atoms with van der Waals surface area (Å²) in [5.74, 6) is 0. The van der Waals surface area contributed by atoms with E-state index in [2.05, 4.69) is 5.32 Å². The monoisotopic (exact) mass is 270 g/mol. The first-order chi connectivity index (χ1) is 9.01. The van der Waals surface area contributed by atoms with Crippen LogP contribution in [0.2, 0.25) is 0 Å². The lowest BCUT2D eigenvalue weighted by molar-refractivity contribution is -0.137. The van der Waals surface area contributed by atoms with Crippen LogP contribution < -0.4 is 10.2 Å². The molecule has 0 unspecified atom stereocenters. The van der Waals surface area contributed by atoms with Crippen molar-refractivity contribution in [2.45, 2.75) is 6.18 Å². The molecule has 1 heterocycles. The molecule has 0 aliphatic carbocycles. The summed E-state index contributed by atoms with van der Waals surface area (Å²) in [7, 11) is 0. The Morgan fingerprint density at radius 3 is 2.82 bits per heavy atom. The van der Waals surface area contributed by atoms with Gasteiger partial charge in [-0.15, -0.1) is 12.4 Å². The summed E-state index contributed by atoms with van der Waals surface area (Å²) in [6, 6.07) is 4.26. The van der Waals surface area contributed by atoms with Gasteiger partial charge in [0.25, 0.3) is 0 Å². The lowest BCUT2D eigenvalue weighted by Gasteiger charge is -2.29. The second-order valence-electron chi connectivity index (χ2n) is 3.32. The molecule has 0 aromatic heterocycles. The van der Waals surface area contributed by atoms with Gasteiger partial charge in [0.05, 0.1) is 8.30 Å². The Morgan fingerprint density at radius 2 is 2.12 bits per heavy atom. The number of halogens is 4. The van der Waals surface area contributed by atoms with Crippen molar-refractivity contribution in [2.75, 3.05) is 31.0 Å². The molecule has 0 radical (unpaired) electrons. The molecule has 1 saturated heterocycles. The second kappa shape index (κ2) is 5.60. The van der Waals surface area contributed by atoms with E-state index in [0.29, 0.717) is 0 Å². The normalized spacial score (nSPS) is 25.9. The Morgan fingerprint density at radius 1 is 1.35 bits per heavy atom. The molecule has 2 rings (SSSR count). The van der Waals surface area contributed by atoms with E-state index < -0.39 is 24.7 Å². The lowest BCUT2D eigenvalue weighted by atomic mass is 10.1. The Bertz CT molecular complexity index is 510. The number of hydrogen-bond acceptors (Lipinski definition) is 2. The Hall–Kier alpha value is -0.940. The summed E-state index contributed by atoms with van der Waals surface area (Å²) in [4.78, 5) is 1.01. The van der Waals surface area contributed by atoms with Crippen molar-refractivity contribution in [3.63, 3.8) is 0 Å². The first kappa shape index (κ1) is 9.05. The largest absolute Gasteiger partial charge is 0.416 e. The zero-order chi connectivity index (χ0) is 15.2. The fraction of sp³-hybridized carbons (Fsp3) is 0.455. The van der Waals surface area contributed by atoms with Gasteiger partial charge in [0, 0.05) is 34.5 Å². The number of piperazine rings is 1. The minimum absolute atomic E-state index is 0. The van der Waals surface area contributed by atoms with Gasteiger partial charge in [-0.2, -0.15) is 13.2 Å². The van der Waals surface area contributed by atoms with Gasteiger partial charge in [0.1, 0.15) is 0 Å². The maximum Gasteiger partial charge on any atom is 0.416 e. The van der Waals surface area contributed by atoms with Crippen LogP contribution >= 0.6 is 12.4 Å². The first-order valence-corrected chi connectivity index (χ1v) is 4.71. The molecule has 0 amide bonds. The molecule has 0 atom stereocenters. The van der Waals surface area contributed by atoms with Crippen LogP contribution in [0, 0.1) is 0 Å². The fourth-order valence-electron chi connectivity index (χ4n) is 1.42. The van der Waals surface area contributed by atoms with E-state index in [1.807, 2.05) is 0 Å². The van der Waals surface area contributed by atoms with Gasteiger partial charge in [-0.25, -0.2) is 0 Å². The maximum atomic E-state index is 12.7. The van der Waals surface area contributed by atoms with Crippen LogP contribution in [0.15, 0.2) is 24.3 Å². The molecule has 0 bridgehead atoms. The summed E-state index contributed by atoms with van der Waals surface area (Å²) in [5, 5.41) is 2.39. The van der Waals surface area contributed by atoms with Gasteiger partial charge < -0.3 is 10.2 Å². The average molecular weight is 271 g/mol. The zero-order valence-corrected chi connectivity index (χ0v) is 9.53. The van der Waals surface area contributed by atoms with Crippen LogP contribution in [0.1, 0.15) is 11.0 Å². The van der Waals surface area contributed by atoms with Gasteiger partial charge in [0.2, 0.25) is 0 Å². The van der Waals surface area contributed by atoms with Crippen molar-refractivity contribution >= 4 is 18.1 Å². The third-order valence-corrected chi connectivity index (χ3v) is 2.21. The number of nitrogens with one attached hydrogen (secondary N) is 1. The highest BCUT2D eigenvalue weighted by Crippen LogP contribution is 2.31. The molecule has 1 aromatic carbocycles. The fourth-order valence-corrected chi connectivity index (χ4v) is 1.42. The van der Waals surface area contributed by atoms with Gasteiger partial charge in [-0.05, 0) is 18.2 Å². The molecule has 1 aliphatic heterocycles. The van der Waals surface area contributed by atoms with E-state index in [0.717, 1.165) is 17.0 Å². The zero-order valence-electron chi connectivity index (χ0n) is 12.7. The van der Waals surface area contributed by atoms with Crippen LogP contribution in [0.4, 0.5) is 18.9 Å². The summed E-state index contributed by atoms with van der Waals surface area (Å²) >= 11 is 0. The van der Waals surface area contributed by atoms with Crippen LogP contribution in [-0.4, -0.2) is 26.1 Å². The van der Waals surface area contributed by atoms with E-state index in [9.17, 15) is 13.2 Å². The van der Waals surface area contributed by atoms with Crippen molar-refractivity contribution in [3.05, 3.63) is 29.8 Å². The minimum Gasteiger partial charge on any atom is -0.369 e. The van der Waals surface area contributed by atoms with Crippen LogP contribution in [0.5, 0.6) is 0 Å². The number of anilines is 1. The van der Waals surface area contributed by atoms with Crippen molar-refractivity contribution in [2.24, 2.45) is 0 Å². The molecule has 0 spiro atoms. The van der Waals surface area contributed by atoms with Crippen LogP contribution in [0.25, 0.3) is 0 Å². The van der Waals surface area contributed by atoms with E-state index in [4.69, 9.17) is 5.48 Å². The van der Waals surface area contributed by atoms with Gasteiger partial charge in [-0.3, -0.25) is 0 Å². The van der Waals surface area contributed by atoms with E-state index in [1.54, 1.807) is 0 Å². The highest BCUT2D eigenvalue weighted by atomic mass is 35.5. The summed E-state index contributed by atoms with van der Waals surface area (Å²) in [6.07, 6.45) is -4.52. The Balaban J connectivity index is 0.00000220. The number of hydrogen-bond donors (Lipinski definition) is 1. The number of nitrogens with zero attached hydrogens (tertiary/aromatic N) is 1. The quantitative estimate of drug-likeness (QED) is 0.844. The van der Waals surface area contributed by atoms with Gasteiger partial charge >= 0.3 is 6.18 Å². The predicted molar refractivity (Wildman–Crippen MR) is 63.8 cm³/mol. The van der Waals surface area contributed by atoms with Crippen molar-refractivity contribution in [1.82, 2.24) is 5.32 Å². The smallest absolute Gasteiger partial charge is 0.369 e. The molecule has 1 N–H and O–H groups in total. The van der Waals surface area contributed by atoms with Crippen LogP contribution in [-0.2, 0) is 6.18 Å². The number of rotatable bonds is 1. The highest BCUT2D eigenvalue weighted by Gasteiger charge is 2.30. The minimum atomic E-state index is -4.52. The molecule has 96 valence electrons. The summed E-state index contributed by atoms with van der Waals surface area (Å²) in [6.45, 7) is -4.51. The molecule has 1 fully saturated rings.